The molecule has 20 heavy (non-hydrogen) atoms. The third-order valence-corrected chi connectivity index (χ3v) is 3.85. The van der Waals surface area contributed by atoms with E-state index in [1.165, 1.54) is 0 Å². The average molecular weight is 276 g/mol. The zero-order valence-electron chi connectivity index (χ0n) is 12.7. The minimum atomic E-state index is -0.563. The number of rotatable bonds is 3. The van der Waals surface area contributed by atoms with Crippen LogP contribution >= 0.6 is 0 Å². The molecule has 0 atom stereocenters. The highest BCUT2D eigenvalue weighted by molar-refractivity contribution is 6.55. The molecule has 0 unspecified atom stereocenters. The van der Waals surface area contributed by atoms with Gasteiger partial charge < -0.3 is 14.4 Å². The van der Waals surface area contributed by atoms with Gasteiger partial charge in [0.05, 0.1) is 35.4 Å². The molecule has 0 bridgehead atoms. The van der Waals surface area contributed by atoms with Gasteiger partial charge in [-0.2, -0.15) is 0 Å². The molecule has 0 aromatic carbocycles. The predicted molar refractivity (Wildman–Crippen MR) is 77.9 cm³/mol. The summed E-state index contributed by atoms with van der Waals surface area (Å²) in [5.74, 6) is 0. The van der Waals surface area contributed by atoms with E-state index in [9.17, 15) is 5.11 Å². The Balaban J connectivity index is 2.26. The number of hydrogen-bond acceptors (Lipinski definition) is 5. The van der Waals surface area contributed by atoms with Gasteiger partial charge in [0.15, 0.2) is 0 Å². The molecule has 0 amide bonds. The van der Waals surface area contributed by atoms with E-state index in [1.54, 1.807) is 18.5 Å². The molecule has 0 spiro atoms. The Bertz CT molecular complexity index is 513. The Morgan fingerprint density at radius 3 is 2.35 bits per heavy atom. The summed E-state index contributed by atoms with van der Waals surface area (Å²) >= 11 is 0. The van der Waals surface area contributed by atoms with E-state index in [2.05, 4.69) is 9.97 Å². The number of hydrogen-bond donors (Lipinski definition) is 1. The third-order valence-electron chi connectivity index (χ3n) is 3.85. The Morgan fingerprint density at radius 1 is 1.25 bits per heavy atom. The van der Waals surface area contributed by atoms with Gasteiger partial charge in [0, 0.05) is 6.20 Å². The summed E-state index contributed by atoms with van der Waals surface area (Å²) in [6.45, 7) is 9.65. The van der Waals surface area contributed by atoms with Crippen LogP contribution in [0.4, 0.5) is 0 Å². The largest absolute Gasteiger partial charge is 0.492 e. The topological polar surface area (TPSA) is 64.5 Å². The van der Waals surface area contributed by atoms with Crippen LogP contribution in [0.2, 0.25) is 0 Å². The molecular weight excluding hydrogens is 255 g/mol. The minimum Gasteiger partial charge on any atom is -0.400 e. The Labute approximate surface area is 120 Å². The van der Waals surface area contributed by atoms with Crippen LogP contribution in [0.5, 0.6) is 0 Å². The second kappa shape index (κ2) is 5.28. The van der Waals surface area contributed by atoms with Crippen molar-refractivity contribution in [2.75, 3.05) is 6.61 Å². The Morgan fingerprint density at radius 2 is 1.85 bits per heavy atom. The molecule has 2 heterocycles. The first-order chi connectivity index (χ1) is 9.25. The molecule has 1 aromatic heterocycles. The van der Waals surface area contributed by atoms with Crippen molar-refractivity contribution in [1.29, 1.82) is 0 Å². The molecule has 0 radical (unpaired) electrons. The van der Waals surface area contributed by atoms with E-state index in [0.29, 0.717) is 11.2 Å². The molecule has 6 heteroatoms. The van der Waals surface area contributed by atoms with Crippen molar-refractivity contribution in [3.8, 4) is 0 Å². The first-order valence-electron chi connectivity index (χ1n) is 6.71. The van der Waals surface area contributed by atoms with E-state index >= 15 is 0 Å². The van der Waals surface area contributed by atoms with Crippen LogP contribution in [0.15, 0.2) is 17.9 Å². The molecule has 0 saturated carbocycles. The molecule has 108 valence electrons. The Hall–Kier alpha value is -1.24. The van der Waals surface area contributed by atoms with Gasteiger partial charge in [-0.05, 0) is 46.2 Å². The lowest BCUT2D eigenvalue weighted by molar-refractivity contribution is 0.00578. The summed E-state index contributed by atoms with van der Waals surface area (Å²) in [6.07, 6.45) is 5.10. The third kappa shape index (κ3) is 2.92. The van der Waals surface area contributed by atoms with Crippen LogP contribution < -0.4 is 0 Å². The summed E-state index contributed by atoms with van der Waals surface area (Å²) in [5, 5.41) is 9.58. The predicted octanol–water partition coefficient (Wildman–Crippen LogP) is 1.79. The molecule has 1 fully saturated rings. The molecule has 1 aliphatic rings. The van der Waals surface area contributed by atoms with Crippen LogP contribution in [0.25, 0.3) is 6.08 Å². The number of aliphatic hydroxyl groups excluding tert-OH is 1. The zero-order chi connectivity index (χ0) is 15.0. The molecular formula is C14H21BN2O3. The smallest absolute Gasteiger partial charge is 0.400 e. The van der Waals surface area contributed by atoms with Crippen molar-refractivity contribution in [2.24, 2.45) is 0 Å². The zero-order valence-corrected chi connectivity index (χ0v) is 12.7. The molecule has 0 aliphatic carbocycles. The lowest BCUT2D eigenvalue weighted by Gasteiger charge is -2.32. The van der Waals surface area contributed by atoms with Crippen LogP contribution in [0, 0.1) is 6.92 Å². The van der Waals surface area contributed by atoms with E-state index < -0.39 is 18.3 Å². The second-order valence-electron chi connectivity index (χ2n) is 6.05. The van der Waals surface area contributed by atoms with Crippen molar-refractivity contribution < 1.29 is 14.4 Å². The summed E-state index contributed by atoms with van der Waals surface area (Å²) in [4.78, 5) is 8.43. The van der Waals surface area contributed by atoms with E-state index in [1.807, 2.05) is 34.6 Å². The van der Waals surface area contributed by atoms with Crippen LogP contribution in [0.3, 0.4) is 0 Å². The summed E-state index contributed by atoms with van der Waals surface area (Å²) in [6, 6.07) is 0. The number of aryl methyl sites for hydroxylation is 1. The van der Waals surface area contributed by atoms with Crippen molar-refractivity contribution in [3.63, 3.8) is 0 Å². The maximum atomic E-state index is 9.58. The minimum absolute atomic E-state index is 0.146. The van der Waals surface area contributed by atoms with Gasteiger partial charge in [0.1, 0.15) is 0 Å². The Kier molecular flexibility index (Phi) is 4.00. The van der Waals surface area contributed by atoms with E-state index in [4.69, 9.17) is 9.31 Å². The lowest BCUT2D eigenvalue weighted by atomic mass is 9.78. The van der Waals surface area contributed by atoms with Gasteiger partial charge >= 0.3 is 7.12 Å². The fourth-order valence-corrected chi connectivity index (χ4v) is 1.93. The number of aromatic nitrogens is 2. The van der Waals surface area contributed by atoms with Crippen LogP contribution in [-0.2, 0) is 9.31 Å². The first-order valence-corrected chi connectivity index (χ1v) is 6.71. The lowest BCUT2D eigenvalue weighted by Crippen LogP contribution is -2.41. The number of aliphatic hydroxyl groups is 1. The fraction of sp³-hybridized carbons (Fsp3) is 0.571. The highest BCUT2D eigenvalue weighted by atomic mass is 16.7. The molecule has 5 nitrogen and oxygen atoms in total. The normalized spacial score (nSPS) is 21.3. The van der Waals surface area contributed by atoms with Gasteiger partial charge in [-0.1, -0.05) is 0 Å². The molecule has 2 rings (SSSR count). The molecule has 1 N–H and O–H groups in total. The van der Waals surface area contributed by atoms with E-state index in [-0.39, 0.29) is 6.61 Å². The van der Waals surface area contributed by atoms with Gasteiger partial charge in [0.2, 0.25) is 0 Å². The summed E-state index contributed by atoms with van der Waals surface area (Å²) in [5.41, 5.74) is 1.30. The van der Waals surface area contributed by atoms with Crippen molar-refractivity contribution in [1.82, 2.24) is 9.97 Å². The van der Waals surface area contributed by atoms with E-state index in [0.717, 1.165) is 5.69 Å². The summed E-state index contributed by atoms with van der Waals surface area (Å²) in [7, 11) is -0.563. The monoisotopic (exact) mass is 276 g/mol. The van der Waals surface area contributed by atoms with Gasteiger partial charge in [0.25, 0.3) is 0 Å². The molecule has 1 saturated heterocycles. The maximum absolute atomic E-state index is 9.58. The second-order valence-corrected chi connectivity index (χ2v) is 6.05. The molecule has 1 aromatic rings. The van der Waals surface area contributed by atoms with Crippen molar-refractivity contribution in [2.45, 2.75) is 45.8 Å². The number of nitrogens with zero attached hydrogens (tertiary/aromatic N) is 2. The highest BCUT2D eigenvalue weighted by Crippen LogP contribution is 2.38. The standard InChI is InChI=1S/C14H21BN2O3/c1-10-7-16-8-12(17-10)6-11(9-18)15-19-13(2,3)14(4,5)20-15/h6-8,18H,9H2,1-5H3. The van der Waals surface area contributed by atoms with Gasteiger partial charge in [-0.3, -0.25) is 9.97 Å². The van der Waals surface area contributed by atoms with Gasteiger partial charge in [-0.25, -0.2) is 0 Å². The molecule has 1 aliphatic heterocycles. The van der Waals surface area contributed by atoms with Crippen molar-refractivity contribution >= 4 is 13.2 Å². The fourth-order valence-electron chi connectivity index (χ4n) is 1.93. The van der Waals surface area contributed by atoms with Gasteiger partial charge in [-0.15, -0.1) is 0 Å². The van der Waals surface area contributed by atoms with Crippen LogP contribution in [-0.4, -0.2) is 40.0 Å². The first kappa shape index (κ1) is 15.2. The quantitative estimate of drug-likeness (QED) is 0.853. The average Bonchev–Trinajstić information content (AvgIpc) is 2.55. The maximum Gasteiger partial charge on any atom is 0.492 e. The van der Waals surface area contributed by atoms with Crippen LogP contribution in [0.1, 0.15) is 39.1 Å². The summed E-state index contributed by atoms with van der Waals surface area (Å²) < 4.78 is 11.8. The highest BCUT2D eigenvalue weighted by Gasteiger charge is 2.52. The SMILES string of the molecule is Cc1cncc(C=C(CO)B2OC(C)(C)C(C)(C)O2)n1. The van der Waals surface area contributed by atoms with Crippen molar-refractivity contribution in [3.05, 3.63) is 29.3 Å².